The molecule has 1 heterocycles. The average Bonchev–Trinajstić information content (AvgIpc) is 3.50. The molecule has 34 heavy (non-hydrogen) atoms. The molecule has 2 N–H and O–H groups in total. The summed E-state index contributed by atoms with van der Waals surface area (Å²) in [5.74, 6) is 0.224. The molecule has 0 bridgehead atoms. The number of hydrogen-bond donors (Lipinski definition) is 2. The van der Waals surface area contributed by atoms with Gasteiger partial charge in [0.25, 0.3) is 5.91 Å². The van der Waals surface area contributed by atoms with Crippen molar-refractivity contribution in [2.75, 3.05) is 13.2 Å². The van der Waals surface area contributed by atoms with E-state index in [1.165, 1.54) is 27.8 Å². The number of aliphatic hydroxyl groups excluding tert-OH is 1. The molecular weight excluding hydrogens is 426 g/mol. The van der Waals surface area contributed by atoms with Crippen LogP contribution in [0.1, 0.15) is 68.1 Å². The zero-order valence-corrected chi connectivity index (χ0v) is 20.0. The van der Waals surface area contributed by atoms with Gasteiger partial charge < -0.3 is 19.9 Å². The quantitative estimate of drug-likeness (QED) is 0.492. The van der Waals surface area contributed by atoms with Crippen LogP contribution in [0.5, 0.6) is 0 Å². The van der Waals surface area contributed by atoms with E-state index in [0.717, 1.165) is 38.5 Å². The van der Waals surface area contributed by atoms with E-state index in [4.69, 9.17) is 9.47 Å². The zero-order chi connectivity index (χ0) is 23.5. The van der Waals surface area contributed by atoms with Crippen LogP contribution in [0.25, 0.3) is 11.1 Å². The summed E-state index contributed by atoms with van der Waals surface area (Å²) in [5, 5.41) is 12.7. The van der Waals surface area contributed by atoms with Gasteiger partial charge in [-0.25, -0.2) is 0 Å². The number of hydrogen-bond acceptors (Lipinski definition) is 4. The number of carbonyl (C=O) groups excluding carboxylic acids is 1. The fourth-order valence-corrected chi connectivity index (χ4v) is 5.84. The minimum Gasteiger partial charge on any atom is -0.459 e. The number of ether oxygens (including phenoxy) is 2. The highest BCUT2D eigenvalue weighted by Crippen LogP contribution is 2.43. The molecular formula is C29H35NO4. The van der Waals surface area contributed by atoms with E-state index in [1.807, 2.05) is 13.0 Å². The fraction of sp³-hybridized carbons (Fsp3) is 0.483. The van der Waals surface area contributed by atoms with Crippen LogP contribution in [0.15, 0.2) is 54.3 Å². The molecule has 1 aliphatic heterocycles. The third-order valence-electron chi connectivity index (χ3n) is 7.53. The summed E-state index contributed by atoms with van der Waals surface area (Å²) < 4.78 is 12.2. The third-order valence-corrected chi connectivity index (χ3v) is 7.53. The van der Waals surface area contributed by atoms with Gasteiger partial charge in [-0.05, 0) is 72.9 Å². The number of aliphatic hydroxyl groups is 1. The summed E-state index contributed by atoms with van der Waals surface area (Å²) in [4.78, 5) is 13.1. The Morgan fingerprint density at radius 3 is 2.71 bits per heavy atom. The molecule has 2 aromatic rings. The van der Waals surface area contributed by atoms with E-state index in [1.54, 1.807) is 0 Å². The molecule has 0 unspecified atom stereocenters. The molecule has 3 aliphatic rings. The molecule has 0 saturated heterocycles. The van der Waals surface area contributed by atoms with Crippen LogP contribution >= 0.6 is 0 Å². The van der Waals surface area contributed by atoms with Crippen molar-refractivity contribution in [1.29, 1.82) is 0 Å². The van der Waals surface area contributed by atoms with Crippen LogP contribution in [-0.2, 0) is 20.7 Å². The number of rotatable bonds is 8. The zero-order valence-electron chi connectivity index (χ0n) is 20.0. The monoisotopic (exact) mass is 461 g/mol. The van der Waals surface area contributed by atoms with Crippen LogP contribution in [0.4, 0.5) is 0 Å². The van der Waals surface area contributed by atoms with Gasteiger partial charge in [-0.3, -0.25) is 4.79 Å². The van der Waals surface area contributed by atoms with Gasteiger partial charge in [0.1, 0.15) is 0 Å². The average molecular weight is 462 g/mol. The van der Waals surface area contributed by atoms with Gasteiger partial charge in [-0.15, -0.1) is 0 Å². The van der Waals surface area contributed by atoms with Crippen LogP contribution in [0, 0.1) is 5.92 Å². The van der Waals surface area contributed by atoms with Gasteiger partial charge in [0.05, 0.1) is 0 Å². The second-order valence-corrected chi connectivity index (χ2v) is 9.73. The number of benzene rings is 2. The minimum atomic E-state index is -0.513. The van der Waals surface area contributed by atoms with E-state index in [9.17, 15) is 9.90 Å². The lowest BCUT2D eigenvalue weighted by atomic mass is 9.80. The Morgan fingerprint density at radius 1 is 1.12 bits per heavy atom. The van der Waals surface area contributed by atoms with Crippen molar-refractivity contribution >= 4 is 5.91 Å². The Bertz CT molecular complexity index is 1060. The van der Waals surface area contributed by atoms with Crippen molar-refractivity contribution in [2.24, 2.45) is 5.92 Å². The predicted molar refractivity (Wildman–Crippen MR) is 132 cm³/mol. The summed E-state index contributed by atoms with van der Waals surface area (Å²) in [6.07, 6.45) is 8.22. The van der Waals surface area contributed by atoms with Gasteiger partial charge in [0.15, 0.2) is 5.76 Å². The first-order valence-electron chi connectivity index (χ1n) is 12.8. The molecule has 5 heteroatoms. The number of carbonyl (C=O) groups is 1. The smallest absolute Gasteiger partial charge is 0.286 e. The molecule has 5 rings (SSSR count). The standard InChI is InChI=1S/C29H35NO4/c1-2-33-29-25(12-7-15-31)26(18-27(34-29)28(32)30-22-9-4-5-10-22)20-13-14-24-21(17-20)16-19-8-3-6-11-23(19)24/h3,6,8,11,13-14,17-18,22,25-26,29,31H,2,4-5,7,9-10,12,15-16H2,1H3,(H,30,32)/t25-,26+,29+/m1/s1. The van der Waals surface area contributed by atoms with Crippen molar-refractivity contribution < 1.29 is 19.4 Å². The lowest BCUT2D eigenvalue weighted by Gasteiger charge is -2.37. The third kappa shape index (κ3) is 4.64. The summed E-state index contributed by atoms with van der Waals surface area (Å²) in [7, 11) is 0. The molecule has 0 radical (unpaired) electrons. The molecule has 2 aliphatic carbocycles. The van der Waals surface area contributed by atoms with E-state index in [0.29, 0.717) is 18.8 Å². The maximum Gasteiger partial charge on any atom is 0.286 e. The summed E-state index contributed by atoms with van der Waals surface area (Å²) in [5.41, 5.74) is 6.46. The Labute approximate surface area is 202 Å². The molecule has 5 nitrogen and oxygen atoms in total. The lowest BCUT2D eigenvalue weighted by molar-refractivity contribution is -0.166. The molecule has 1 amide bonds. The minimum absolute atomic E-state index is 0.0183. The first kappa shape index (κ1) is 23.1. The molecule has 3 atom stereocenters. The maximum absolute atomic E-state index is 13.1. The summed E-state index contributed by atoms with van der Waals surface area (Å²) in [6, 6.07) is 15.5. The Morgan fingerprint density at radius 2 is 1.91 bits per heavy atom. The van der Waals surface area contributed by atoms with Gasteiger partial charge in [0.2, 0.25) is 6.29 Å². The topological polar surface area (TPSA) is 67.8 Å². The summed E-state index contributed by atoms with van der Waals surface area (Å²) in [6.45, 7) is 2.58. The Hall–Kier alpha value is -2.63. The molecule has 1 saturated carbocycles. The second-order valence-electron chi connectivity index (χ2n) is 9.73. The molecule has 180 valence electrons. The Kier molecular flexibility index (Phi) is 7.02. The molecule has 1 fully saturated rings. The second kappa shape index (κ2) is 10.3. The van der Waals surface area contributed by atoms with Crippen molar-refractivity contribution in [3.8, 4) is 11.1 Å². The van der Waals surface area contributed by atoms with Gasteiger partial charge in [0, 0.05) is 31.1 Å². The first-order chi connectivity index (χ1) is 16.7. The van der Waals surface area contributed by atoms with E-state index in [-0.39, 0.29) is 30.4 Å². The van der Waals surface area contributed by atoms with Crippen LogP contribution in [0.2, 0.25) is 0 Å². The number of allylic oxidation sites excluding steroid dienone is 1. The molecule has 0 aromatic heterocycles. The highest BCUT2D eigenvalue weighted by atomic mass is 16.7. The summed E-state index contributed by atoms with van der Waals surface area (Å²) >= 11 is 0. The van der Waals surface area contributed by atoms with E-state index in [2.05, 4.69) is 47.8 Å². The van der Waals surface area contributed by atoms with Crippen molar-refractivity contribution in [2.45, 2.75) is 70.1 Å². The van der Waals surface area contributed by atoms with Crippen LogP contribution < -0.4 is 5.32 Å². The van der Waals surface area contributed by atoms with Gasteiger partial charge in [-0.1, -0.05) is 55.3 Å². The van der Waals surface area contributed by atoms with Gasteiger partial charge in [-0.2, -0.15) is 0 Å². The van der Waals surface area contributed by atoms with Crippen LogP contribution in [0.3, 0.4) is 0 Å². The van der Waals surface area contributed by atoms with Crippen molar-refractivity contribution in [3.05, 3.63) is 71.0 Å². The first-order valence-corrected chi connectivity index (χ1v) is 12.8. The largest absolute Gasteiger partial charge is 0.459 e. The number of nitrogens with one attached hydrogen (secondary N) is 1. The predicted octanol–water partition coefficient (Wildman–Crippen LogP) is 5.07. The van der Waals surface area contributed by atoms with Gasteiger partial charge >= 0.3 is 0 Å². The van der Waals surface area contributed by atoms with Crippen LogP contribution in [-0.4, -0.2) is 36.6 Å². The van der Waals surface area contributed by atoms with E-state index < -0.39 is 6.29 Å². The van der Waals surface area contributed by atoms with Crippen molar-refractivity contribution in [3.63, 3.8) is 0 Å². The van der Waals surface area contributed by atoms with E-state index >= 15 is 0 Å². The highest BCUT2D eigenvalue weighted by Gasteiger charge is 2.38. The van der Waals surface area contributed by atoms with Crippen molar-refractivity contribution in [1.82, 2.24) is 5.32 Å². The normalized spacial score (nSPS) is 23.7. The Balaban J connectivity index is 1.48. The molecule has 0 spiro atoms. The maximum atomic E-state index is 13.1. The molecule has 2 aromatic carbocycles. The SMILES string of the molecule is CCO[C@H]1OC(C(=O)NC2CCCC2)=C[C@@H](c2ccc3c(c2)Cc2ccccc2-3)[C@H]1CCCO. The number of fused-ring (bicyclic) bond motifs is 3. The highest BCUT2D eigenvalue weighted by molar-refractivity contribution is 5.92. The fourth-order valence-electron chi connectivity index (χ4n) is 5.84. The lowest BCUT2D eigenvalue weighted by Crippen LogP contribution is -2.41. The number of amides is 1.